The Morgan fingerprint density at radius 1 is 1.06 bits per heavy atom. The Labute approximate surface area is 183 Å². The van der Waals surface area contributed by atoms with Crippen molar-refractivity contribution in [2.24, 2.45) is 0 Å². The Kier molecular flexibility index (Phi) is 5.97. The number of thiophene rings is 1. The average molecular weight is 437 g/mol. The Bertz CT molecular complexity index is 1170. The molecule has 1 aromatic heterocycles. The molecule has 4 rings (SSSR count). The molecule has 5 nitrogen and oxygen atoms in total. The van der Waals surface area contributed by atoms with Gasteiger partial charge in [0.1, 0.15) is 5.82 Å². The molecule has 0 saturated heterocycles. The number of fused-ring (bicyclic) bond motifs is 1. The number of rotatable bonds is 4. The number of benzene rings is 2. The van der Waals surface area contributed by atoms with Gasteiger partial charge in [0, 0.05) is 34.0 Å². The van der Waals surface area contributed by atoms with Crippen molar-refractivity contribution in [3.8, 4) is 0 Å². The van der Waals surface area contributed by atoms with Crippen LogP contribution in [0.1, 0.15) is 36.8 Å². The number of carbonyl (C=O) groups is 2. The van der Waals surface area contributed by atoms with Gasteiger partial charge in [-0.3, -0.25) is 14.8 Å². The lowest BCUT2D eigenvalue weighted by molar-refractivity contribution is -0.125. The predicted octanol–water partition coefficient (Wildman–Crippen LogP) is 4.44. The van der Waals surface area contributed by atoms with E-state index in [-0.39, 0.29) is 11.7 Å². The van der Waals surface area contributed by atoms with Crippen molar-refractivity contribution in [2.75, 3.05) is 6.54 Å². The number of hydrogen-bond acceptors (Lipinski definition) is 4. The van der Waals surface area contributed by atoms with Gasteiger partial charge in [-0.2, -0.15) is 0 Å². The Hall–Kier alpha value is -3.29. The van der Waals surface area contributed by atoms with Crippen LogP contribution in [-0.4, -0.2) is 28.5 Å². The second-order valence-corrected chi connectivity index (χ2v) is 8.73. The highest BCUT2D eigenvalue weighted by Crippen LogP contribution is 2.28. The molecule has 0 atom stereocenters. The van der Waals surface area contributed by atoms with E-state index in [4.69, 9.17) is 5.21 Å². The van der Waals surface area contributed by atoms with Gasteiger partial charge >= 0.3 is 0 Å². The molecular formula is C24H21FN2O3S. The van der Waals surface area contributed by atoms with Crippen LogP contribution in [0.3, 0.4) is 0 Å². The van der Waals surface area contributed by atoms with Crippen molar-refractivity contribution in [1.29, 1.82) is 0 Å². The van der Waals surface area contributed by atoms with Crippen molar-refractivity contribution in [3.63, 3.8) is 0 Å². The van der Waals surface area contributed by atoms with Crippen LogP contribution in [0.2, 0.25) is 0 Å². The number of hydrogen-bond donors (Lipinski definition) is 2. The lowest BCUT2D eigenvalue weighted by atomic mass is 9.95. The normalized spacial score (nSPS) is 13.6. The Morgan fingerprint density at radius 3 is 2.48 bits per heavy atom. The summed E-state index contributed by atoms with van der Waals surface area (Å²) in [5.41, 5.74) is 5.05. The van der Waals surface area contributed by atoms with Crippen LogP contribution in [0.5, 0.6) is 0 Å². The van der Waals surface area contributed by atoms with Crippen LogP contribution in [0.4, 0.5) is 4.39 Å². The maximum Gasteiger partial charge on any atom is 0.274 e. The van der Waals surface area contributed by atoms with Crippen LogP contribution in [0.25, 0.3) is 11.6 Å². The van der Waals surface area contributed by atoms with Gasteiger partial charge in [-0.15, -0.1) is 11.3 Å². The molecule has 158 valence electrons. The molecule has 1 aliphatic rings. The molecular weight excluding hydrogens is 415 g/mol. The first-order chi connectivity index (χ1) is 14.9. The number of nitrogens with one attached hydrogen (secondary N) is 1. The first-order valence-electron chi connectivity index (χ1n) is 9.84. The third-order valence-corrected chi connectivity index (χ3v) is 6.25. The van der Waals surface area contributed by atoms with E-state index in [0.717, 1.165) is 20.9 Å². The lowest BCUT2D eigenvalue weighted by Crippen LogP contribution is -2.36. The molecule has 0 saturated carbocycles. The molecule has 0 spiro atoms. The van der Waals surface area contributed by atoms with Crippen molar-refractivity contribution < 1.29 is 19.2 Å². The van der Waals surface area contributed by atoms with E-state index in [1.54, 1.807) is 46.0 Å². The summed E-state index contributed by atoms with van der Waals surface area (Å²) in [6, 6.07) is 15.1. The highest BCUT2D eigenvalue weighted by molar-refractivity contribution is 7.12. The molecule has 7 heteroatoms. The maximum atomic E-state index is 13.5. The smallest absolute Gasteiger partial charge is 0.274 e. The van der Waals surface area contributed by atoms with Gasteiger partial charge in [-0.25, -0.2) is 9.87 Å². The first-order valence-corrected chi connectivity index (χ1v) is 10.7. The number of hydroxylamine groups is 1. The van der Waals surface area contributed by atoms with E-state index in [1.807, 2.05) is 31.2 Å². The van der Waals surface area contributed by atoms with Gasteiger partial charge in [-0.05, 0) is 72.5 Å². The molecule has 0 fully saturated rings. The van der Waals surface area contributed by atoms with Gasteiger partial charge in [0.2, 0.25) is 0 Å². The molecule has 2 aromatic carbocycles. The molecule has 0 bridgehead atoms. The molecule has 2 N–H and O–H groups in total. The zero-order valence-corrected chi connectivity index (χ0v) is 17.7. The van der Waals surface area contributed by atoms with Crippen LogP contribution in [0.15, 0.2) is 54.6 Å². The van der Waals surface area contributed by atoms with E-state index in [0.29, 0.717) is 36.2 Å². The van der Waals surface area contributed by atoms with E-state index in [1.165, 1.54) is 12.1 Å². The second kappa shape index (κ2) is 8.83. The fourth-order valence-corrected chi connectivity index (χ4v) is 4.50. The molecule has 0 aliphatic carbocycles. The summed E-state index contributed by atoms with van der Waals surface area (Å²) in [7, 11) is 0. The summed E-state index contributed by atoms with van der Waals surface area (Å²) in [5.74, 6) is -1.10. The maximum absolute atomic E-state index is 13.5. The standard InChI is InChI=1S/C24H21FN2O3S/c1-15-2-9-21(31-15)13-22(17-5-7-20(25)8-6-17)24(29)27-11-10-16-3-4-18(23(28)26-30)12-19(16)14-27/h2-9,12-13,30H,10-11,14H2,1H3,(H,26,28)/b22-13+. The highest BCUT2D eigenvalue weighted by atomic mass is 32.1. The van der Waals surface area contributed by atoms with Gasteiger partial charge < -0.3 is 4.90 Å². The van der Waals surface area contributed by atoms with Crippen molar-refractivity contribution in [2.45, 2.75) is 19.9 Å². The molecule has 3 aromatic rings. The van der Waals surface area contributed by atoms with Crippen LogP contribution in [-0.2, 0) is 17.8 Å². The van der Waals surface area contributed by atoms with Crippen LogP contribution >= 0.6 is 11.3 Å². The summed E-state index contributed by atoms with van der Waals surface area (Å²) in [6.07, 6.45) is 2.51. The van der Waals surface area contributed by atoms with Gasteiger partial charge in [0.15, 0.2) is 0 Å². The third-order valence-electron chi connectivity index (χ3n) is 5.30. The Morgan fingerprint density at radius 2 is 1.81 bits per heavy atom. The van der Waals surface area contributed by atoms with Crippen LogP contribution in [0, 0.1) is 12.7 Å². The van der Waals surface area contributed by atoms with Crippen molar-refractivity contribution in [1.82, 2.24) is 10.4 Å². The van der Waals surface area contributed by atoms with Gasteiger partial charge in [0.25, 0.3) is 11.8 Å². The summed E-state index contributed by atoms with van der Waals surface area (Å²) in [4.78, 5) is 29.1. The van der Waals surface area contributed by atoms with E-state index in [9.17, 15) is 14.0 Å². The van der Waals surface area contributed by atoms with Crippen LogP contribution < -0.4 is 5.48 Å². The fourth-order valence-electron chi connectivity index (χ4n) is 3.68. The fraction of sp³-hybridized carbons (Fsp3) is 0.167. The number of amides is 2. The third kappa shape index (κ3) is 4.57. The van der Waals surface area contributed by atoms with Crippen molar-refractivity contribution in [3.05, 3.63) is 92.4 Å². The summed E-state index contributed by atoms with van der Waals surface area (Å²) in [6.45, 7) is 2.89. The summed E-state index contributed by atoms with van der Waals surface area (Å²) in [5, 5.41) is 8.90. The van der Waals surface area contributed by atoms with E-state index in [2.05, 4.69) is 0 Å². The molecule has 0 unspecified atom stereocenters. The van der Waals surface area contributed by atoms with Gasteiger partial charge in [0.05, 0.1) is 0 Å². The zero-order chi connectivity index (χ0) is 22.0. The quantitative estimate of drug-likeness (QED) is 0.361. The highest BCUT2D eigenvalue weighted by Gasteiger charge is 2.25. The predicted molar refractivity (Wildman–Crippen MR) is 118 cm³/mol. The molecule has 1 aliphatic heterocycles. The molecule has 31 heavy (non-hydrogen) atoms. The summed E-state index contributed by atoms with van der Waals surface area (Å²) >= 11 is 1.58. The molecule has 0 radical (unpaired) electrons. The SMILES string of the molecule is Cc1ccc(/C=C(/C(=O)N2CCc3ccc(C(=O)NO)cc3C2)c2ccc(F)cc2)s1. The molecule has 2 amide bonds. The average Bonchev–Trinajstić information content (AvgIpc) is 3.21. The summed E-state index contributed by atoms with van der Waals surface area (Å²) < 4.78 is 13.5. The number of carbonyl (C=O) groups excluding carboxylic acids is 2. The lowest BCUT2D eigenvalue weighted by Gasteiger charge is -2.30. The minimum Gasteiger partial charge on any atom is -0.334 e. The number of aryl methyl sites for hydroxylation is 1. The van der Waals surface area contributed by atoms with E-state index < -0.39 is 5.91 Å². The van der Waals surface area contributed by atoms with Crippen molar-refractivity contribution >= 4 is 34.8 Å². The second-order valence-electron chi connectivity index (χ2n) is 7.41. The Balaban J connectivity index is 1.67. The number of halogens is 1. The van der Waals surface area contributed by atoms with Gasteiger partial charge in [-0.1, -0.05) is 18.2 Å². The number of nitrogens with zero attached hydrogens (tertiary/aromatic N) is 1. The topological polar surface area (TPSA) is 69.6 Å². The largest absolute Gasteiger partial charge is 0.334 e. The monoisotopic (exact) mass is 436 g/mol. The first kappa shape index (κ1) is 21.0. The minimum absolute atomic E-state index is 0.152. The van der Waals surface area contributed by atoms with E-state index >= 15 is 0 Å². The minimum atomic E-state index is -0.591. The molecule has 2 heterocycles. The zero-order valence-electron chi connectivity index (χ0n) is 16.9.